The van der Waals surface area contributed by atoms with Gasteiger partial charge in [0.25, 0.3) is 0 Å². The Kier molecular flexibility index (Phi) is 3.23. The van der Waals surface area contributed by atoms with E-state index in [1.165, 1.54) is 18.2 Å². The SMILES string of the molecule is Oc1ccc(C2Oc3cc(O)cc(O)c3C(O)C2O)c(O)c1. The van der Waals surface area contributed by atoms with Crippen molar-refractivity contribution < 1.29 is 35.4 Å². The van der Waals surface area contributed by atoms with Crippen molar-refractivity contribution in [3.05, 3.63) is 41.5 Å². The van der Waals surface area contributed by atoms with Gasteiger partial charge in [0, 0.05) is 23.8 Å². The van der Waals surface area contributed by atoms with Crippen LogP contribution in [0.25, 0.3) is 0 Å². The number of aliphatic hydroxyl groups excluding tert-OH is 2. The zero-order valence-corrected chi connectivity index (χ0v) is 11.2. The predicted molar refractivity (Wildman–Crippen MR) is 73.9 cm³/mol. The molecule has 3 atom stereocenters. The zero-order valence-electron chi connectivity index (χ0n) is 11.2. The highest BCUT2D eigenvalue weighted by Crippen LogP contribution is 2.48. The number of aromatic hydroxyl groups is 4. The second-order valence-corrected chi connectivity index (χ2v) is 5.09. The molecule has 7 heteroatoms. The minimum atomic E-state index is -1.47. The molecule has 1 aliphatic heterocycles. The van der Waals surface area contributed by atoms with E-state index in [9.17, 15) is 30.6 Å². The van der Waals surface area contributed by atoms with Gasteiger partial charge in [-0.3, -0.25) is 0 Å². The van der Waals surface area contributed by atoms with E-state index in [1.54, 1.807) is 0 Å². The molecule has 0 radical (unpaired) electrons. The first-order chi connectivity index (χ1) is 10.4. The fourth-order valence-corrected chi connectivity index (χ4v) is 2.56. The first kappa shape index (κ1) is 14.3. The van der Waals surface area contributed by atoms with Gasteiger partial charge < -0.3 is 35.4 Å². The summed E-state index contributed by atoms with van der Waals surface area (Å²) >= 11 is 0. The van der Waals surface area contributed by atoms with E-state index in [1.807, 2.05) is 0 Å². The fourth-order valence-electron chi connectivity index (χ4n) is 2.56. The molecule has 3 unspecified atom stereocenters. The van der Waals surface area contributed by atoms with Crippen molar-refractivity contribution in [3.63, 3.8) is 0 Å². The molecule has 6 N–H and O–H groups in total. The summed E-state index contributed by atoms with van der Waals surface area (Å²) in [6, 6.07) is 5.93. The quantitative estimate of drug-likeness (QED) is 0.464. The maximum Gasteiger partial charge on any atom is 0.156 e. The highest BCUT2D eigenvalue weighted by atomic mass is 16.5. The number of ether oxygens (including phenoxy) is 1. The predicted octanol–water partition coefficient (Wildman–Crippen LogP) is 1.04. The van der Waals surface area contributed by atoms with Crippen molar-refractivity contribution in [1.29, 1.82) is 0 Å². The summed E-state index contributed by atoms with van der Waals surface area (Å²) in [5, 5.41) is 58.8. The normalized spacial score (nSPS) is 23.6. The molecule has 0 amide bonds. The van der Waals surface area contributed by atoms with E-state index in [-0.39, 0.29) is 34.1 Å². The van der Waals surface area contributed by atoms with E-state index in [0.29, 0.717) is 0 Å². The van der Waals surface area contributed by atoms with Gasteiger partial charge in [0.2, 0.25) is 0 Å². The van der Waals surface area contributed by atoms with Gasteiger partial charge in [-0.15, -0.1) is 0 Å². The Hall–Kier alpha value is -2.64. The van der Waals surface area contributed by atoms with Crippen LogP contribution in [0.15, 0.2) is 30.3 Å². The molecule has 0 aliphatic carbocycles. The summed E-state index contributed by atoms with van der Waals surface area (Å²) in [5.41, 5.74) is 0.109. The molecule has 0 saturated heterocycles. The molecule has 1 heterocycles. The summed E-state index contributed by atoms with van der Waals surface area (Å²) in [7, 11) is 0. The molecule has 116 valence electrons. The third kappa shape index (κ3) is 2.16. The number of aliphatic hydroxyl groups is 2. The Bertz CT molecular complexity index is 728. The van der Waals surface area contributed by atoms with Crippen LogP contribution in [0, 0.1) is 0 Å². The number of hydrogen-bond acceptors (Lipinski definition) is 7. The molecule has 0 saturated carbocycles. The minimum absolute atomic E-state index is 0.00669. The summed E-state index contributed by atoms with van der Waals surface area (Å²) in [6.07, 6.45) is -4.06. The van der Waals surface area contributed by atoms with Crippen LogP contribution in [0.5, 0.6) is 28.7 Å². The van der Waals surface area contributed by atoms with Gasteiger partial charge in [-0.1, -0.05) is 0 Å². The van der Waals surface area contributed by atoms with E-state index in [4.69, 9.17) is 4.74 Å². The van der Waals surface area contributed by atoms with Crippen molar-refractivity contribution in [2.75, 3.05) is 0 Å². The Morgan fingerprint density at radius 1 is 0.818 bits per heavy atom. The smallest absolute Gasteiger partial charge is 0.156 e. The van der Waals surface area contributed by atoms with Crippen LogP contribution in [0.3, 0.4) is 0 Å². The van der Waals surface area contributed by atoms with Gasteiger partial charge in [0.1, 0.15) is 41.0 Å². The van der Waals surface area contributed by atoms with Crippen LogP contribution in [0.1, 0.15) is 23.3 Å². The Morgan fingerprint density at radius 2 is 1.50 bits per heavy atom. The molecule has 2 aromatic rings. The number of hydrogen-bond donors (Lipinski definition) is 6. The largest absolute Gasteiger partial charge is 0.508 e. The molecule has 3 rings (SSSR count). The monoisotopic (exact) mass is 306 g/mol. The first-order valence-electron chi connectivity index (χ1n) is 6.49. The maximum absolute atomic E-state index is 10.2. The van der Waals surface area contributed by atoms with Crippen molar-refractivity contribution in [2.45, 2.75) is 18.3 Å². The highest BCUT2D eigenvalue weighted by Gasteiger charge is 2.40. The third-order valence-electron chi connectivity index (χ3n) is 3.61. The first-order valence-corrected chi connectivity index (χ1v) is 6.49. The van der Waals surface area contributed by atoms with Crippen LogP contribution in [-0.2, 0) is 0 Å². The number of phenols is 4. The van der Waals surface area contributed by atoms with Crippen LogP contribution < -0.4 is 4.74 Å². The lowest BCUT2D eigenvalue weighted by Gasteiger charge is -2.35. The Morgan fingerprint density at radius 3 is 2.18 bits per heavy atom. The van der Waals surface area contributed by atoms with E-state index in [0.717, 1.165) is 12.1 Å². The lowest BCUT2D eigenvalue weighted by atomic mass is 9.91. The van der Waals surface area contributed by atoms with Gasteiger partial charge >= 0.3 is 0 Å². The maximum atomic E-state index is 10.2. The second-order valence-electron chi connectivity index (χ2n) is 5.09. The fraction of sp³-hybridized carbons (Fsp3) is 0.200. The number of phenolic OH excluding ortho intramolecular Hbond substituents is 4. The van der Waals surface area contributed by atoms with Gasteiger partial charge in [-0.05, 0) is 12.1 Å². The lowest BCUT2D eigenvalue weighted by molar-refractivity contribution is -0.0716. The average Bonchev–Trinajstić information content (AvgIpc) is 2.42. The minimum Gasteiger partial charge on any atom is -0.508 e. The Labute approximate surface area is 124 Å². The van der Waals surface area contributed by atoms with Crippen molar-refractivity contribution >= 4 is 0 Å². The molecule has 22 heavy (non-hydrogen) atoms. The van der Waals surface area contributed by atoms with Gasteiger partial charge in [-0.25, -0.2) is 0 Å². The van der Waals surface area contributed by atoms with Gasteiger partial charge in [-0.2, -0.15) is 0 Å². The highest BCUT2D eigenvalue weighted by molar-refractivity contribution is 5.53. The number of fused-ring (bicyclic) bond motifs is 1. The summed E-state index contributed by atoms with van der Waals surface area (Å²) in [6.45, 7) is 0. The van der Waals surface area contributed by atoms with Crippen LogP contribution in [0.4, 0.5) is 0 Å². The molecule has 0 spiro atoms. The van der Waals surface area contributed by atoms with Gasteiger partial charge in [0.15, 0.2) is 6.10 Å². The molecule has 0 fully saturated rings. The lowest BCUT2D eigenvalue weighted by Crippen LogP contribution is -2.34. The molecular weight excluding hydrogens is 292 g/mol. The average molecular weight is 306 g/mol. The molecule has 1 aliphatic rings. The van der Waals surface area contributed by atoms with E-state index >= 15 is 0 Å². The van der Waals surface area contributed by atoms with Crippen molar-refractivity contribution in [2.24, 2.45) is 0 Å². The van der Waals surface area contributed by atoms with E-state index in [2.05, 4.69) is 0 Å². The summed E-state index contributed by atoms with van der Waals surface area (Å²) < 4.78 is 5.51. The zero-order chi connectivity index (χ0) is 16.0. The van der Waals surface area contributed by atoms with Crippen molar-refractivity contribution in [3.8, 4) is 28.7 Å². The molecule has 0 aromatic heterocycles. The van der Waals surface area contributed by atoms with E-state index < -0.39 is 24.1 Å². The Balaban J connectivity index is 2.08. The standard InChI is InChI=1S/C15H14O7/c16-6-1-2-8(9(18)3-6)15-14(21)13(20)12-10(19)4-7(17)5-11(12)22-15/h1-5,13-21H. The topological polar surface area (TPSA) is 131 Å². The second kappa shape index (κ2) is 4.97. The van der Waals surface area contributed by atoms with Crippen LogP contribution in [-0.4, -0.2) is 36.7 Å². The molecule has 2 aromatic carbocycles. The van der Waals surface area contributed by atoms with Crippen molar-refractivity contribution in [1.82, 2.24) is 0 Å². The third-order valence-corrected chi connectivity index (χ3v) is 3.61. The summed E-state index contributed by atoms with van der Waals surface area (Å²) in [4.78, 5) is 0. The van der Waals surface area contributed by atoms with Crippen LogP contribution in [0.2, 0.25) is 0 Å². The molecule has 0 bridgehead atoms. The van der Waals surface area contributed by atoms with Crippen LogP contribution >= 0.6 is 0 Å². The molecular formula is C15H14O7. The van der Waals surface area contributed by atoms with Gasteiger partial charge in [0.05, 0.1) is 5.56 Å². The number of rotatable bonds is 1. The summed E-state index contributed by atoms with van der Waals surface area (Å²) in [5.74, 6) is -1.16. The number of benzene rings is 2. The molecule has 7 nitrogen and oxygen atoms in total.